The van der Waals surface area contributed by atoms with Crippen molar-refractivity contribution in [2.75, 3.05) is 0 Å². The molecule has 0 aliphatic carbocycles. The third kappa shape index (κ3) is 7.32. The van der Waals surface area contributed by atoms with Gasteiger partial charge in [0.05, 0.1) is 0 Å². The summed E-state index contributed by atoms with van der Waals surface area (Å²) in [4.78, 5) is 10.2. The van der Waals surface area contributed by atoms with E-state index in [4.69, 9.17) is 4.74 Å². The van der Waals surface area contributed by atoms with Gasteiger partial charge in [0.1, 0.15) is 6.10 Å². The third-order valence-electron chi connectivity index (χ3n) is 1.60. The normalized spacial score (nSPS) is 12.5. The Bertz CT molecular complexity index is 188. The second kappa shape index (κ2) is 7.59. The summed E-state index contributed by atoms with van der Waals surface area (Å²) in [7, 11) is 0. The molecule has 0 aliphatic rings. The molecule has 0 saturated heterocycles. The fourth-order valence-corrected chi connectivity index (χ4v) is 1.06. The van der Waals surface area contributed by atoms with E-state index in [1.54, 1.807) is 0 Å². The highest BCUT2D eigenvalue weighted by Crippen LogP contribution is 2.06. The zero-order valence-corrected chi connectivity index (χ0v) is 8.62. The van der Waals surface area contributed by atoms with E-state index >= 15 is 0 Å². The molecule has 0 aromatic carbocycles. The van der Waals surface area contributed by atoms with Gasteiger partial charge in [0.2, 0.25) is 0 Å². The van der Waals surface area contributed by atoms with Crippen molar-refractivity contribution in [1.29, 1.82) is 0 Å². The molecule has 2 heteroatoms. The molecule has 2 nitrogen and oxygen atoms in total. The maximum atomic E-state index is 10.2. The van der Waals surface area contributed by atoms with Crippen molar-refractivity contribution in [3.05, 3.63) is 23.8 Å². The van der Waals surface area contributed by atoms with Gasteiger partial charge in [-0.1, -0.05) is 17.7 Å². The quantitative estimate of drug-likeness (QED) is 0.466. The van der Waals surface area contributed by atoms with E-state index in [0.29, 0.717) is 6.47 Å². The van der Waals surface area contributed by atoms with Crippen LogP contribution >= 0.6 is 0 Å². The molecule has 0 fully saturated rings. The van der Waals surface area contributed by atoms with Crippen LogP contribution in [0.15, 0.2) is 23.8 Å². The highest BCUT2D eigenvalue weighted by atomic mass is 16.5. The van der Waals surface area contributed by atoms with Crippen molar-refractivity contribution in [3.63, 3.8) is 0 Å². The minimum atomic E-state index is -0.0706. The van der Waals surface area contributed by atoms with E-state index < -0.39 is 0 Å². The molecule has 0 aliphatic heterocycles. The number of hydrogen-bond acceptors (Lipinski definition) is 2. The van der Waals surface area contributed by atoms with E-state index in [0.717, 1.165) is 12.8 Å². The van der Waals surface area contributed by atoms with Crippen molar-refractivity contribution < 1.29 is 9.53 Å². The molecular formula is C11H18O2. The van der Waals surface area contributed by atoms with E-state index in [1.807, 2.05) is 32.9 Å². The topological polar surface area (TPSA) is 26.3 Å². The van der Waals surface area contributed by atoms with E-state index in [2.05, 4.69) is 6.08 Å². The number of hydrogen-bond donors (Lipinski definition) is 0. The molecule has 0 N–H and O–H groups in total. The van der Waals surface area contributed by atoms with Crippen LogP contribution in [0.1, 0.15) is 33.6 Å². The third-order valence-corrected chi connectivity index (χ3v) is 1.60. The number of allylic oxidation sites excluding steroid dienone is 3. The van der Waals surface area contributed by atoms with Crippen LogP contribution < -0.4 is 0 Å². The van der Waals surface area contributed by atoms with Gasteiger partial charge in [0.15, 0.2) is 0 Å². The summed E-state index contributed by atoms with van der Waals surface area (Å²) in [6, 6.07) is 0. The Kier molecular flexibility index (Phi) is 6.98. The van der Waals surface area contributed by atoms with Gasteiger partial charge in [-0.25, -0.2) is 0 Å². The molecule has 1 atom stereocenters. The van der Waals surface area contributed by atoms with E-state index in [1.165, 1.54) is 5.57 Å². The average Bonchev–Trinajstić information content (AvgIpc) is 2.04. The number of rotatable bonds is 6. The molecule has 0 rings (SSSR count). The smallest absolute Gasteiger partial charge is 0.293 e. The van der Waals surface area contributed by atoms with Crippen molar-refractivity contribution in [1.82, 2.24) is 0 Å². The Morgan fingerprint density at radius 3 is 2.62 bits per heavy atom. The number of ether oxygens (including phenoxy) is 1. The summed E-state index contributed by atoms with van der Waals surface area (Å²) < 4.78 is 4.91. The van der Waals surface area contributed by atoms with Gasteiger partial charge in [0.25, 0.3) is 6.47 Å². The van der Waals surface area contributed by atoms with Crippen molar-refractivity contribution in [2.45, 2.75) is 39.7 Å². The van der Waals surface area contributed by atoms with Crippen LogP contribution in [0.4, 0.5) is 0 Å². The van der Waals surface area contributed by atoms with Gasteiger partial charge in [-0.2, -0.15) is 0 Å². The summed E-state index contributed by atoms with van der Waals surface area (Å²) in [6.45, 7) is 6.49. The molecule has 74 valence electrons. The lowest BCUT2D eigenvalue weighted by atomic mass is 10.1. The summed E-state index contributed by atoms with van der Waals surface area (Å²) >= 11 is 0. The second-order valence-corrected chi connectivity index (χ2v) is 3.16. The van der Waals surface area contributed by atoms with Crippen LogP contribution in [-0.4, -0.2) is 12.6 Å². The fourth-order valence-electron chi connectivity index (χ4n) is 1.06. The largest absolute Gasteiger partial charge is 0.460 e. The zero-order chi connectivity index (χ0) is 10.1. The summed E-state index contributed by atoms with van der Waals surface area (Å²) in [5.41, 5.74) is 1.17. The van der Waals surface area contributed by atoms with Gasteiger partial charge >= 0.3 is 0 Å². The second-order valence-electron chi connectivity index (χ2n) is 3.16. The van der Waals surface area contributed by atoms with Crippen LogP contribution in [0, 0.1) is 0 Å². The summed E-state index contributed by atoms with van der Waals surface area (Å²) in [5.74, 6) is 0. The molecule has 1 unspecified atom stereocenters. The first-order valence-electron chi connectivity index (χ1n) is 4.56. The molecule has 0 radical (unpaired) electrons. The molecule has 13 heavy (non-hydrogen) atoms. The predicted octanol–water partition coefficient (Wildman–Crippen LogP) is 2.85. The monoisotopic (exact) mass is 182 g/mol. The molecule has 0 amide bonds. The van der Waals surface area contributed by atoms with Gasteiger partial charge in [-0.3, -0.25) is 4.79 Å². The van der Waals surface area contributed by atoms with E-state index in [9.17, 15) is 4.79 Å². The summed E-state index contributed by atoms with van der Waals surface area (Å²) in [6.07, 6.45) is 7.77. The molecule has 0 heterocycles. The van der Waals surface area contributed by atoms with Crippen molar-refractivity contribution >= 4 is 6.47 Å². The first-order valence-corrected chi connectivity index (χ1v) is 4.56. The van der Waals surface area contributed by atoms with Crippen LogP contribution in [0.3, 0.4) is 0 Å². The molecule has 0 saturated carbocycles. The van der Waals surface area contributed by atoms with Gasteiger partial charge in [0, 0.05) is 0 Å². The lowest BCUT2D eigenvalue weighted by molar-refractivity contribution is -0.131. The lowest BCUT2D eigenvalue weighted by Gasteiger charge is -2.09. The average molecular weight is 182 g/mol. The Morgan fingerprint density at radius 2 is 2.15 bits per heavy atom. The molecule has 0 aromatic heterocycles. The van der Waals surface area contributed by atoms with Gasteiger partial charge in [-0.15, -0.1) is 0 Å². The Labute approximate surface area is 80.3 Å². The van der Waals surface area contributed by atoms with Gasteiger partial charge < -0.3 is 4.74 Å². The van der Waals surface area contributed by atoms with Crippen molar-refractivity contribution in [2.24, 2.45) is 0 Å². The Morgan fingerprint density at radius 1 is 1.46 bits per heavy atom. The lowest BCUT2D eigenvalue weighted by Crippen LogP contribution is -2.08. The van der Waals surface area contributed by atoms with Gasteiger partial charge in [-0.05, 0) is 39.7 Å². The SMILES string of the molecule is C/C=C/CCC(C=C(C)C)OC=O. The fraction of sp³-hybridized carbons (Fsp3) is 0.545. The zero-order valence-electron chi connectivity index (χ0n) is 8.62. The van der Waals surface area contributed by atoms with Crippen LogP contribution in [0.5, 0.6) is 0 Å². The summed E-state index contributed by atoms with van der Waals surface area (Å²) in [5, 5.41) is 0. The first-order chi connectivity index (χ1) is 6.20. The molecule has 0 bridgehead atoms. The maximum absolute atomic E-state index is 10.2. The maximum Gasteiger partial charge on any atom is 0.293 e. The van der Waals surface area contributed by atoms with E-state index in [-0.39, 0.29) is 6.10 Å². The molecular weight excluding hydrogens is 164 g/mol. The molecule has 0 aromatic rings. The van der Waals surface area contributed by atoms with Crippen molar-refractivity contribution in [3.8, 4) is 0 Å². The Balaban J connectivity index is 3.94. The first kappa shape index (κ1) is 11.9. The number of carbonyl (C=O) groups is 1. The van der Waals surface area contributed by atoms with Crippen LogP contribution in [-0.2, 0) is 9.53 Å². The standard InChI is InChI=1S/C11H18O2/c1-4-5-6-7-11(13-9-12)8-10(2)3/h4-5,8-9,11H,6-7H2,1-3H3/b5-4+. The van der Waals surface area contributed by atoms with Crippen LogP contribution in [0.2, 0.25) is 0 Å². The molecule has 0 spiro atoms. The predicted molar refractivity (Wildman–Crippen MR) is 54.4 cm³/mol. The highest BCUT2D eigenvalue weighted by Gasteiger charge is 2.03. The Hall–Kier alpha value is -1.05. The van der Waals surface area contributed by atoms with Crippen LogP contribution in [0.25, 0.3) is 0 Å². The minimum absolute atomic E-state index is 0.0706. The highest BCUT2D eigenvalue weighted by molar-refractivity contribution is 5.38. The number of carbonyl (C=O) groups excluding carboxylic acids is 1. The minimum Gasteiger partial charge on any atom is -0.460 e.